The summed E-state index contributed by atoms with van der Waals surface area (Å²) in [5, 5.41) is 4.43. The lowest BCUT2D eigenvalue weighted by Gasteiger charge is -2.24. The van der Waals surface area contributed by atoms with E-state index in [1.54, 1.807) is 28.4 Å². The summed E-state index contributed by atoms with van der Waals surface area (Å²) in [5.74, 6) is -0.113. The summed E-state index contributed by atoms with van der Waals surface area (Å²) in [7, 11) is 0. The molecule has 0 atom stereocenters. The SMILES string of the molecule is CCNc1ccc(Cl)cc1CN(Cc1ccc(Br)s1)C(=O)c1ccccc1Cl. The van der Waals surface area contributed by atoms with Crippen LogP contribution in [-0.4, -0.2) is 17.4 Å². The van der Waals surface area contributed by atoms with Crippen LogP contribution in [0.1, 0.15) is 27.7 Å². The van der Waals surface area contributed by atoms with Gasteiger partial charge in [-0.1, -0.05) is 35.3 Å². The Bertz CT molecular complexity index is 977. The minimum atomic E-state index is -0.113. The smallest absolute Gasteiger partial charge is 0.255 e. The number of benzene rings is 2. The molecule has 3 rings (SSSR count). The first-order chi connectivity index (χ1) is 13.5. The predicted molar refractivity (Wildman–Crippen MR) is 123 cm³/mol. The molecule has 0 aliphatic rings. The maximum atomic E-state index is 13.3. The maximum absolute atomic E-state index is 13.3. The molecule has 0 bridgehead atoms. The van der Waals surface area contributed by atoms with Gasteiger partial charge in [-0.15, -0.1) is 11.3 Å². The van der Waals surface area contributed by atoms with Gasteiger partial charge in [-0.2, -0.15) is 0 Å². The molecule has 1 amide bonds. The Morgan fingerprint density at radius 3 is 2.57 bits per heavy atom. The molecule has 0 unspecified atom stereocenters. The van der Waals surface area contributed by atoms with E-state index < -0.39 is 0 Å². The van der Waals surface area contributed by atoms with Crippen LogP contribution in [-0.2, 0) is 13.1 Å². The Labute approximate surface area is 187 Å². The van der Waals surface area contributed by atoms with Crippen LogP contribution in [0.2, 0.25) is 10.0 Å². The fraction of sp³-hybridized carbons (Fsp3) is 0.190. The number of thiophene rings is 1. The quantitative estimate of drug-likeness (QED) is 0.377. The molecular weight excluding hydrogens is 479 g/mol. The van der Waals surface area contributed by atoms with Crippen molar-refractivity contribution in [1.29, 1.82) is 0 Å². The monoisotopic (exact) mass is 496 g/mol. The molecule has 0 aliphatic carbocycles. The molecule has 146 valence electrons. The highest BCUT2D eigenvalue weighted by Crippen LogP contribution is 2.28. The lowest BCUT2D eigenvalue weighted by atomic mass is 10.1. The van der Waals surface area contributed by atoms with Crippen molar-refractivity contribution >= 4 is 62.1 Å². The van der Waals surface area contributed by atoms with Crippen LogP contribution in [0.4, 0.5) is 5.69 Å². The van der Waals surface area contributed by atoms with Gasteiger partial charge in [0.25, 0.3) is 5.91 Å². The van der Waals surface area contributed by atoms with Gasteiger partial charge in [0, 0.05) is 28.7 Å². The summed E-state index contributed by atoms with van der Waals surface area (Å²) in [6.45, 7) is 3.72. The lowest BCUT2D eigenvalue weighted by molar-refractivity contribution is 0.0732. The lowest BCUT2D eigenvalue weighted by Crippen LogP contribution is -2.30. The van der Waals surface area contributed by atoms with Gasteiger partial charge in [0.1, 0.15) is 0 Å². The summed E-state index contributed by atoms with van der Waals surface area (Å²) in [4.78, 5) is 16.2. The van der Waals surface area contributed by atoms with Crippen LogP contribution >= 0.6 is 50.5 Å². The molecule has 0 aliphatic heterocycles. The van der Waals surface area contributed by atoms with Crippen molar-refractivity contribution in [2.45, 2.75) is 20.0 Å². The zero-order valence-corrected chi connectivity index (χ0v) is 19.1. The Hall–Kier alpha value is -1.53. The summed E-state index contributed by atoms with van der Waals surface area (Å²) >= 11 is 17.6. The van der Waals surface area contributed by atoms with Crippen LogP contribution in [0.25, 0.3) is 0 Å². The van der Waals surface area contributed by atoms with Crippen LogP contribution < -0.4 is 5.32 Å². The molecule has 28 heavy (non-hydrogen) atoms. The van der Waals surface area contributed by atoms with E-state index in [9.17, 15) is 4.79 Å². The van der Waals surface area contributed by atoms with E-state index in [4.69, 9.17) is 23.2 Å². The van der Waals surface area contributed by atoms with Crippen LogP contribution in [0.15, 0.2) is 58.4 Å². The zero-order valence-electron chi connectivity index (χ0n) is 15.2. The van der Waals surface area contributed by atoms with Crippen molar-refractivity contribution in [3.63, 3.8) is 0 Å². The van der Waals surface area contributed by atoms with E-state index in [2.05, 4.69) is 21.2 Å². The number of carbonyl (C=O) groups excluding carboxylic acids is 1. The molecule has 1 N–H and O–H groups in total. The third-order valence-corrected chi connectivity index (χ3v) is 6.34. The first-order valence-electron chi connectivity index (χ1n) is 8.78. The van der Waals surface area contributed by atoms with Gasteiger partial charge in [-0.05, 0) is 70.9 Å². The molecular formula is C21H19BrCl2N2OS. The van der Waals surface area contributed by atoms with Gasteiger partial charge < -0.3 is 10.2 Å². The summed E-state index contributed by atoms with van der Waals surface area (Å²) < 4.78 is 1.03. The number of hydrogen-bond acceptors (Lipinski definition) is 3. The topological polar surface area (TPSA) is 32.3 Å². The summed E-state index contributed by atoms with van der Waals surface area (Å²) in [6, 6.07) is 16.8. The van der Waals surface area contributed by atoms with Crippen molar-refractivity contribution in [3.05, 3.63) is 84.4 Å². The number of amides is 1. The van der Waals surface area contributed by atoms with E-state index in [0.29, 0.717) is 28.7 Å². The largest absolute Gasteiger partial charge is 0.385 e. The number of nitrogens with zero attached hydrogens (tertiary/aromatic N) is 1. The average molecular weight is 498 g/mol. The fourth-order valence-electron chi connectivity index (χ4n) is 2.89. The minimum absolute atomic E-state index is 0.113. The molecule has 0 radical (unpaired) electrons. The van der Waals surface area contributed by atoms with Crippen LogP contribution in [0.5, 0.6) is 0 Å². The molecule has 1 aromatic heterocycles. The van der Waals surface area contributed by atoms with Gasteiger partial charge in [0.05, 0.1) is 20.9 Å². The molecule has 0 saturated heterocycles. The number of rotatable bonds is 7. The molecule has 0 saturated carbocycles. The minimum Gasteiger partial charge on any atom is -0.385 e. The highest BCUT2D eigenvalue weighted by atomic mass is 79.9. The van der Waals surface area contributed by atoms with Crippen LogP contribution in [0, 0.1) is 0 Å². The van der Waals surface area contributed by atoms with Gasteiger partial charge in [-0.25, -0.2) is 0 Å². The van der Waals surface area contributed by atoms with Crippen molar-refractivity contribution in [3.8, 4) is 0 Å². The van der Waals surface area contributed by atoms with Gasteiger partial charge in [0.2, 0.25) is 0 Å². The average Bonchev–Trinajstić information content (AvgIpc) is 3.08. The second-order valence-electron chi connectivity index (χ2n) is 6.18. The second kappa shape index (κ2) is 9.79. The van der Waals surface area contributed by atoms with Gasteiger partial charge in [-0.3, -0.25) is 4.79 Å². The number of carbonyl (C=O) groups is 1. The summed E-state index contributed by atoms with van der Waals surface area (Å²) in [5.41, 5.74) is 2.42. The number of hydrogen-bond donors (Lipinski definition) is 1. The maximum Gasteiger partial charge on any atom is 0.255 e. The van der Waals surface area contributed by atoms with E-state index >= 15 is 0 Å². The molecule has 7 heteroatoms. The zero-order chi connectivity index (χ0) is 20.1. The first-order valence-corrected chi connectivity index (χ1v) is 11.1. The Balaban J connectivity index is 1.96. The molecule has 3 aromatic rings. The molecule has 1 heterocycles. The molecule has 0 fully saturated rings. The Kier molecular flexibility index (Phi) is 7.41. The van der Waals surface area contributed by atoms with Crippen molar-refractivity contribution < 1.29 is 4.79 Å². The van der Waals surface area contributed by atoms with Crippen molar-refractivity contribution in [1.82, 2.24) is 4.90 Å². The van der Waals surface area contributed by atoms with E-state index in [1.165, 1.54) is 0 Å². The predicted octanol–water partition coefficient (Wildman–Crippen LogP) is 7.09. The van der Waals surface area contributed by atoms with E-state index in [1.807, 2.05) is 49.4 Å². The molecule has 0 spiro atoms. The number of halogens is 3. The van der Waals surface area contributed by atoms with Crippen molar-refractivity contribution in [2.75, 3.05) is 11.9 Å². The highest BCUT2D eigenvalue weighted by molar-refractivity contribution is 9.11. The van der Waals surface area contributed by atoms with Crippen LogP contribution in [0.3, 0.4) is 0 Å². The van der Waals surface area contributed by atoms with Gasteiger partial charge in [0.15, 0.2) is 0 Å². The van der Waals surface area contributed by atoms with E-state index in [0.717, 1.165) is 26.5 Å². The molecule has 2 aromatic carbocycles. The highest BCUT2D eigenvalue weighted by Gasteiger charge is 2.21. The first kappa shape index (κ1) is 21.2. The fourth-order valence-corrected chi connectivity index (χ4v) is 4.80. The molecule has 3 nitrogen and oxygen atoms in total. The third-order valence-electron chi connectivity index (χ3n) is 4.16. The standard InChI is InChI=1S/C21H19BrCl2N2OS/c1-2-25-19-9-7-15(23)11-14(19)12-26(13-16-8-10-20(22)28-16)21(27)17-5-3-4-6-18(17)24/h3-11,25H,2,12-13H2,1H3. The van der Waals surface area contributed by atoms with Gasteiger partial charge >= 0.3 is 0 Å². The summed E-state index contributed by atoms with van der Waals surface area (Å²) in [6.07, 6.45) is 0. The Morgan fingerprint density at radius 2 is 1.89 bits per heavy atom. The van der Waals surface area contributed by atoms with E-state index in [-0.39, 0.29) is 5.91 Å². The Morgan fingerprint density at radius 1 is 1.11 bits per heavy atom. The third kappa shape index (κ3) is 5.29. The number of nitrogens with one attached hydrogen (secondary N) is 1. The van der Waals surface area contributed by atoms with Crippen molar-refractivity contribution in [2.24, 2.45) is 0 Å². The number of anilines is 1. The normalized spacial score (nSPS) is 10.7. The second-order valence-corrected chi connectivity index (χ2v) is 9.57.